The maximum Gasteiger partial charge on any atom is 0.322 e. The number of carbonyl (C=O) groups is 2. The van der Waals surface area contributed by atoms with E-state index in [4.69, 9.17) is 9.84 Å². The SMILES string of the molecule is O=C(O)CNC(=O)CC1COC1. The van der Waals surface area contributed by atoms with Crippen LogP contribution in [0.25, 0.3) is 0 Å². The molecule has 0 bridgehead atoms. The Kier molecular flexibility index (Phi) is 3.04. The number of nitrogens with one attached hydrogen (secondary N) is 1. The van der Waals surface area contributed by atoms with E-state index in [1.54, 1.807) is 0 Å². The second kappa shape index (κ2) is 4.06. The molecule has 0 aromatic carbocycles. The van der Waals surface area contributed by atoms with Crippen LogP contribution in [0.5, 0.6) is 0 Å². The summed E-state index contributed by atoms with van der Waals surface area (Å²) >= 11 is 0. The van der Waals surface area contributed by atoms with Crippen molar-refractivity contribution in [3.05, 3.63) is 0 Å². The smallest absolute Gasteiger partial charge is 0.322 e. The molecule has 68 valence electrons. The van der Waals surface area contributed by atoms with E-state index < -0.39 is 5.97 Å². The number of ether oxygens (including phenoxy) is 1. The Hall–Kier alpha value is -1.10. The Morgan fingerprint density at radius 2 is 2.17 bits per heavy atom. The lowest BCUT2D eigenvalue weighted by Crippen LogP contribution is -2.36. The molecule has 0 spiro atoms. The van der Waals surface area contributed by atoms with Gasteiger partial charge in [-0.05, 0) is 0 Å². The predicted octanol–water partition coefficient (Wildman–Crippen LogP) is -0.776. The fourth-order valence-corrected chi connectivity index (χ4v) is 0.911. The van der Waals surface area contributed by atoms with Crippen LogP contribution in [0.15, 0.2) is 0 Å². The molecular formula is C7H11NO4. The third-order valence-corrected chi connectivity index (χ3v) is 1.62. The summed E-state index contributed by atoms with van der Waals surface area (Å²) < 4.78 is 4.87. The average Bonchev–Trinajstić information content (AvgIpc) is 1.93. The van der Waals surface area contributed by atoms with Crippen molar-refractivity contribution >= 4 is 11.9 Å². The second-order valence-corrected chi connectivity index (χ2v) is 2.78. The van der Waals surface area contributed by atoms with Crippen molar-refractivity contribution in [1.82, 2.24) is 5.32 Å². The van der Waals surface area contributed by atoms with Crippen LogP contribution in [0.3, 0.4) is 0 Å². The zero-order valence-corrected chi connectivity index (χ0v) is 6.58. The van der Waals surface area contributed by atoms with E-state index in [9.17, 15) is 9.59 Å². The Morgan fingerprint density at radius 3 is 2.58 bits per heavy atom. The molecular weight excluding hydrogens is 162 g/mol. The van der Waals surface area contributed by atoms with Crippen LogP contribution < -0.4 is 5.32 Å². The number of hydrogen-bond acceptors (Lipinski definition) is 3. The van der Waals surface area contributed by atoms with Crippen LogP contribution in [0.2, 0.25) is 0 Å². The number of aliphatic carboxylic acids is 1. The highest BCUT2D eigenvalue weighted by Crippen LogP contribution is 2.13. The van der Waals surface area contributed by atoms with Gasteiger partial charge >= 0.3 is 5.97 Å². The van der Waals surface area contributed by atoms with Crippen LogP contribution in [-0.4, -0.2) is 36.7 Å². The highest BCUT2D eigenvalue weighted by atomic mass is 16.5. The van der Waals surface area contributed by atoms with E-state index in [1.807, 2.05) is 0 Å². The molecule has 0 unspecified atom stereocenters. The van der Waals surface area contributed by atoms with Gasteiger partial charge in [0.1, 0.15) is 6.54 Å². The van der Waals surface area contributed by atoms with Crippen molar-refractivity contribution < 1.29 is 19.4 Å². The number of carbonyl (C=O) groups excluding carboxylic acids is 1. The number of rotatable bonds is 4. The van der Waals surface area contributed by atoms with Gasteiger partial charge in [0.05, 0.1) is 13.2 Å². The molecule has 1 heterocycles. The minimum atomic E-state index is -1.02. The van der Waals surface area contributed by atoms with Gasteiger partial charge in [0.2, 0.25) is 5.91 Å². The lowest BCUT2D eigenvalue weighted by atomic mass is 10.0. The normalized spacial score (nSPS) is 16.7. The van der Waals surface area contributed by atoms with Crippen molar-refractivity contribution in [2.45, 2.75) is 6.42 Å². The summed E-state index contributed by atoms with van der Waals surface area (Å²) in [5.74, 6) is -0.960. The summed E-state index contributed by atoms with van der Waals surface area (Å²) in [6.07, 6.45) is 0.368. The van der Waals surface area contributed by atoms with E-state index >= 15 is 0 Å². The molecule has 1 aliphatic rings. The van der Waals surface area contributed by atoms with Crippen LogP contribution >= 0.6 is 0 Å². The quantitative estimate of drug-likeness (QED) is 0.585. The fourth-order valence-electron chi connectivity index (χ4n) is 0.911. The van der Waals surface area contributed by atoms with Crippen molar-refractivity contribution in [2.75, 3.05) is 19.8 Å². The zero-order chi connectivity index (χ0) is 8.97. The third kappa shape index (κ3) is 2.87. The summed E-state index contributed by atoms with van der Waals surface area (Å²) in [6.45, 7) is 0.924. The molecule has 0 atom stereocenters. The summed E-state index contributed by atoms with van der Waals surface area (Å²) in [5, 5.41) is 10.5. The van der Waals surface area contributed by atoms with Crippen molar-refractivity contribution in [2.24, 2.45) is 5.92 Å². The lowest BCUT2D eigenvalue weighted by molar-refractivity contribution is -0.138. The molecule has 5 nitrogen and oxygen atoms in total. The highest BCUT2D eigenvalue weighted by Gasteiger charge is 2.21. The van der Waals surface area contributed by atoms with E-state index in [2.05, 4.69) is 5.32 Å². The van der Waals surface area contributed by atoms with E-state index in [1.165, 1.54) is 0 Å². The lowest BCUT2D eigenvalue weighted by Gasteiger charge is -2.24. The number of carboxylic acids is 1. The van der Waals surface area contributed by atoms with Gasteiger partial charge < -0.3 is 15.2 Å². The molecule has 0 aliphatic carbocycles. The number of amides is 1. The first-order valence-electron chi connectivity index (χ1n) is 3.74. The third-order valence-electron chi connectivity index (χ3n) is 1.62. The molecule has 1 rings (SSSR count). The summed E-state index contributed by atoms with van der Waals surface area (Å²) in [4.78, 5) is 21.0. The molecule has 5 heteroatoms. The Labute approximate surface area is 69.7 Å². The monoisotopic (exact) mass is 173 g/mol. The molecule has 0 aromatic rings. The summed E-state index contributed by atoms with van der Waals surface area (Å²) in [6, 6.07) is 0. The first-order valence-corrected chi connectivity index (χ1v) is 3.74. The van der Waals surface area contributed by atoms with Crippen LogP contribution in [0, 0.1) is 5.92 Å². The summed E-state index contributed by atoms with van der Waals surface area (Å²) in [5.41, 5.74) is 0. The van der Waals surface area contributed by atoms with E-state index in [0.29, 0.717) is 19.6 Å². The first kappa shape index (κ1) is 8.99. The van der Waals surface area contributed by atoms with Crippen LogP contribution in [0.1, 0.15) is 6.42 Å². The maximum absolute atomic E-state index is 10.9. The van der Waals surface area contributed by atoms with Crippen LogP contribution in [0.4, 0.5) is 0 Å². The zero-order valence-electron chi connectivity index (χ0n) is 6.58. The highest BCUT2D eigenvalue weighted by molar-refractivity contribution is 5.81. The molecule has 0 saturated carbocycles. The molecule has 1 fully saturated rings. The van der Waals surface area contributed by atoms with Gasteiger partial charge in [-0.3, -0.25) is 9.59 Å². The fraction of sp³-hybridized carbons (Fsp3) is 0.714. The molecule has 1 amide bonds. The van der Waals surface area contributed by atoms with Gasteiger partial charge in [0.15, 0.2) is 0 Å². The Morgan fingerprint density at radius 1 is 1.50 bits per heavy atom. The number of carboxylic acid groups (broad SMARTS) is 1. The minimum absolute atomic E-state index is 0.217. The second-order valence-electron chi connectivity index (χ2n) is 2.78. The van der Waals surface area contributed by atoms with Gasteiger partial charge in [-0.15, -0.1) is 0 Å². The Bertz CT molecular complexity index is 188. The van der Waals surface area contributed by atoms with Crippen molar-refractivity contribution in [1.29, 1.82) is 0 Å². The van der Waals surface area contributed by atoms with Crippen molar-refractivity contribution in [3.8, 4) is 0 Å². The van der Waals surface area contributed by atoms with Gasteiger partial charge in [0.25, 0.3) is 0 Å². The van der Waals surface area contributed by atoms with Gasteiger partial charge in [-0.2, -0.15) is 0 Å². The van der Waals surface area contributed by atoms with Crippen LogP contribution in [-0.2, 0) is 14.3 Å². The molecule has 2 N–H and O–H groups in total. The van der Waals surface area contributed by atoms with Gasteiger partial charge in [-0.1, -0.05) is 0 Å². The maximum atomic E-state index is 10.9. The minimum Gasteiger partial charge on any atom is -0.480 e. The van der Waals surface area contributed by atoms with Gasteiger partial charge in [0, 0.05) is 12.3 Å². The van der Waals surface area contributed by atoms with Gasteiger partial charge in [-0.25, -0.2) is 0 Å². The molecule has 1 saturated heterocycles. The molecule has 12 heavy (non-hydrogen) atoms. The Balaban J connectivity index is 2.06. The molecule has 0 aromatic heterocycles. The largest absolute Gasteiger partial charge is 0.480 e. The molecule has 1 aliphatic heterocycles. The number of hydrogen-bond donors (Lipinski definition) is 2. The first-order chi connectivity index (χ1) is 5.68. The predicted molar refractivity (Wildman–Crippen MR) is 39.6 cm³/mol. The van der Waals surface area contributed by atoms with E-state index in [-0.39, 0.29) is 18.4 Å². The average molecular weight is 173 g/mol. The van der Waals surface area contributed by atoms with Crippen molar-refractivity contribution in [3.63, 3.8) is 0 Å². The topological polar surface area (TPSA) is 75.6 Å². The summed E-state index contributed by atoms with van der Waals surface area (Å²) in [7, 11) is 0. The standard InChI is InChI=1S/C7H11NO4/c9-6(8-2-7(10)11)1-5-3-12-4-5/h5H,1-4H2,(H,8,9)(H,10,11). The van der Waals surface area contributed by atoms with E-state index in [0.717, 1.165) is 0 Å². The molecule has 0 radical (unpaired) electrons.